The van der Waals surface area contributed by atoms with Gasteiger partial charge in [0.2, 0.25) is 0 Å². The molecule has 0 bridgehead atoms. The average Bonchev–Trinajstić information content (AvgIpc) is 2.83. The summed E-state index contributed by atoms with van der Waals surface area (Å²) in [6, 6.07) is 15.2. The molecular formula is C26H30ClN5O2. The Morgan fingerprint density at radius 1 is 1.03 bits per heavy atom. The van der Waals surface area contributed by atoms with Crippen molar-refractivity contribution in [3.63, 3.8) is 0 Å². The molecule has 1 saturated heterocycles. The molecule has 1 fully saturated rings. The first kappa shape index (κ1) is 23.8. The van der Waals surface area contributed by atoms with Gasteiger partial charge in [-0.25, -0.2) is 14.8 Å². The van der Waals surface area contributed by atoms with Gasteiger partial charge in [0, 0.05) is 54.6 Å². The van der Waals surface area contributed by atoms with Gasteiger partial charge < -0.3 is 19.9 Å². The minimum Gasteiger partial charge on any atom is -0.494 e. The number of amides is 2. The lowest BCUT2D eigenvalue weighted by Crippen LogP contribution is -2.50. The number of carbonyl (C=O) groups is 1. The lowest BCUT2D eigenvalue weighted by atomic mass is 10.0. The molecule has 7 nitrogen and oxygen atoms in total. The van der Waals surface area contributed by atoms with Crippen molar-refractivity contribution in [1.82, 2.24) is 14.9 Å². The van der Waals surface area contributed by atoms with Crippen molar-refractivity contribution in [1.29, 1.82) is 0 Å². The first-order chi connectivity index (χ1) is 16.4. The third-order valence-electron chi connectivity index (χ3n) is 5.91. The van der Waals surface area contributed by atoms with Crippen molar-refractivity contribution >= 4 is 29.1 Å². The smallest absolute Gasteiger partial charge is 0.321 e. The van der Waals surface area contributed by atoms with Crippen molar-refractivity contribution in [3.8, 4) is 5.75 Å². The Morgan fingerprint density at radius 3 is 2.41 bits per heavy atom. The number of benzene rings is 2. The fraction of sp³-hybridized carbons (Fsp3) is 0.346. The lowest BCUT2D eigenvalue weighted by Gasteiger charge is -2.36. The molecule has 0 atom stereocenters. The Bertz CT molecular complexity index is 1140. The van der Waals surface area contributed by atoms with Crippen LogP contribution in [0.5, 0.6) is 5.75 Å². The molecule has 0 unspecified atom stereocenters. The number of rotatable bonds is 6. The van der Waals surface area contributed by atoms with E-state index in [1.807, 2.05) is 74.2 Å². The molecule has 8 heteroatoms. The Balaban J connectivity index is 1.43. The van der Waals surface area contributed by atoms with E-state index in [-0.39, 0.29) is 6.03 Å². The molecule has 0 saturated carbocycles. The molecule has 34 heavy (non-hydrogen) atoms. The topological polar surface area (TPSA) is 70.6 Å². The number of halogens is 1. The van der Waals surface area contributed by atoms with Crippen LogP contribution in [0.3, 0.4) is 0 Å². The zero-order valence-corrected chi connectivity index (χ0v) is 20.6. The van der Waals surface area contributed by atoms with Crippen LogP contribution in [0, 0.1) is 13.8 Å². The zero-order valence-electron chi connectivity index (χ0n) is 19.8. The SMILES string of the molecule is CCOc1ccc(NC(=O)N2CCN(c3nc(C)nc(C)c3Cc3ccccc3Cl)CC2)cc1. The quantitative estimate of drug-likeness (QED) is 0.533. The standard InChI is InChI=1S/C26H30ClN5O2/c1-4-34-22-11-9-21(10-12-22)30-26(33)32-15-13-31(14-16-32)25-23(18(2)28-19(3)29-25)17-20-7-5-6-8-24(20)27/h5-12H,4,13-17H2,1-3H3,(H,30,33). The highest BCUT2D eigenvalue weighted by atomic mass is 35.5. The predicted molar refractivity (Wildman–Crippen MR) is 136 cm³/mol. The number of anilines is 2. The van der Waals surface area contributed by atoms with Crippen molar-refractivity contribution in [3.05, 3.63) is 76.2 Å². The van der Waals surface area contributed by atoms with Gasteiger partial charge in [-0.15, -0.1) is 0 Å². The summed E-state index contributed by atoms with van der Waals surface area (Å²) >= 11 is 6.43. The van der Waals surface area contributed by atoms with Gasteiger partial charge in [0.05, 0.1) is 6.61 Å². The van der Waals surface area contributed by atoms with Crippen molar-refractivity contribution in [2.24, 2.45) is 0 Å². The number of nitrogens with one attached hydrogen (secondary N) is 1. The number of aromatic nitrogens is 2. The summed E-state index contributed by atoms with van der Waals surface area (Å²) in [5.74, 6) is 2.46. The maximum Gasteiger partial charge on any atom is 0.321 e. The summed E-state index contributed by atoms with van der Waals surface area (Å²) in [4.78, 5) is 26.3. The molecule has 2 heterocycles. The highest BCUT2D eigenvalue weighted by molar-refractivity contribution is 6.31. The van der Waals surface area contributed by atoms with Crippen LogP contribution in [0.2, 0.25) is 5.02 Å². The third-order valence-corrected chi connectivity index (χ3v) is 6.28. The molecule has 0 spiro atoms. The van der Waals surface area contributed by atoms with E-state index in [0.29, 0.717) is 39.2 Å². The second-order valence-electron chi connectivity index (χ2n) is 8.29. The molecule has 4 rings (SSSR count). The van der Waals surface area contributed by atoms with Gasteiger partial charge in [0.15, 0.2) is 0 Å². The first-order valence-electron chi connectivity index (χ1n) is 11.6. The number of piperazine rings is 1. The largest absolute Gasteiger partial charge is 0.494 e. The minimum absolute atomic E-state index is 0.102. The summed E-state index contributed by atoms with van der Waals surface area (Å²) in [6.45, 7) is 9.10. The van der Waals surface area contributed by atoms with Crippen LogP contribution in [0.4, 0.5) is 16.3 Å². The Kier molecular flexibility index (Phi) is 7.53. The van der Waals surface area contributed by atoms with Gasteiger partial charge in [-0.3, -0.25) is 0 Å². The number of hydrogen-bond acceptors (Lipinski definition) is 5. The minimum atomic E-state index is -0.102. The molecular weight excluding hydrogens is 450 g/mol. The second-order valence-corrected chi connectivity index (χ2v) is 8.70. The molecule has 2 amide bonds. The molecule has 1 N–H and O–H groups in total. The zero-order chi connectivity index (χ0) is 24.1. The molecule has 2 aromatic carbocycles. The summed E-state index contributed by atoms with van der Waals surface area (Å²) in [7, 11) is 0. The number of ether oxygens (including phenoxy) is 1. The first-order valence-corrected chi connectivity index (χ1v) is 11.9. The Labute approximate surface area is 205 Å². The van der Waals surface area contributed by atoms with E-state index in [4.69, 9.17) is 21.3 Å². The van der Waals surface area contributed by atoms with Crippen molar-refractivity contribution < 1.29 is 9.53 Å². The molecule has 178 valence electrons. The van der Waals surface area contributed by atoms with Crippen molar-refractivity contribution in [2.45, 2.75) is 27.2 Å². The monoisotopic (exact) mass is 479 g/mol. The third kappa shape index (κ3) is 5.59. The van der Waals surface area contributed by atoms with E-state index in [1.165, 1.54) is 0 Å². The molecule has 1 aliphatic heterocycles. The van der Waals surface area contributed by atoms with E-state index < -0.39 is 0 Å². The number of nitrogens with zero attached hydrogens (tertiary/aromatic N) is 4. The fourth-order valence-corrected chi connectivity index (χ4v) is 4.35. The number of urea groups is 1. The van der Waals surface area contributed by atoms with Crippen LogP contribution in [-0.2, 0) is 6.42 Å². The Morgan fingerprint density at radius 2 is 1.74 bits per heavy atom. The molecule has 3 aromatic rings. The molecule has 1 aliphatic rings. The van der Waals surface area contributed by atoms with Gasteiger partial charge in [0.1, 0.15) is 17.4 Å². The summed E-state index contributed by atoms with van der Waals surface area (Å²) in [6.07, 6.45) is 0.666. The predicted octanol–water partition coefficient (Wildman–Crippen LogP) is 5.09. The van der Waals surface area contributed by atoms with Gasteiger partial charge >= 0.3 is 6.03 Å². The average molecular weight is 480 g/mol. The number of hydrogen-bond donors (Lipinski definition) is 1. The van der Waals surface area contributed by atoms with Crippen LogP contribution in [0.25, 0.3) is 0 Å². The second kappa shape index (κ2) is 10.7. The molecule has 0 aliphatic carbocycles. The normalized spacial score (nSPS) is 13.6. The van der Waals surface area contributed by atoms with Crippen LogP contribution < -0.4 is 15.0 Å². The van der Waals surface area contributed by atoms with Crippen LogP contribution >= 0.6 is 11.6 Å². The van der Waals surface area contributed by atoms with Crippen LogP contribution in [0.15, 0.2) is 48.5 Å². The summed E-state index contributed by atoms with van der Waals surface area (Å²) < 4.78 is 5.46. The highest BCUT2D eigenvalue weighted by Crippen LogP contribution is 2.28. The molecule has 1 aromatic heterocycles. The number of carbonyl (C=O) groups excluding carboxylic acids is 1. The van der Waals surface area contributed by atoms with Gasteiger partial charge in [0.25, 0.3) is 0 Å². The fourth-order valence-electron chi connectivity index (χ4n) is 4.14. The maximum absolute atomic E-state index is 12.8. The van der Waals surface area contributed by atoms with Crippen molar-refractivity contribution in [2.75, 3.05) is 43.0 Å². The van der Waals surface area contributed by atoms with E-state index in [2.05, 4.69) is 15.2 Å². The number of aryl methyl sites for hydroxylation is 2. The van der Waals surface area contributed by atoms with E-state index in [0.717, 1.165) is 44.9 Å². The van der Waals surface area contributed by atoms with Crippen LogP contribution in [-0.4, -0.2) is 53.7 Å². The molecule has 0 radical (unpaired) electrons. The van der Waals surface area contributed by atoms with E-state index >= 15 is 0 Å². The lowest BCUT2D eigenvalue weighted by molar-refractivity contribution is 0.208. The van der Waals surface area contributed by atoms with Crippen LogP contribution in [0.1, 0.15) is 29.6 Å². The highest BCUT2D eigenvalue weighted by Gasteiger charge is 2.25. The van der Waals surface area contributed by atoms with E-state index in [1.54, 1.807) is 0 Å². The van der Waals surface area contributed by atoms with Gasteiger partial charge in [-0.05, 0) is 56.7 Å². The van der Waals surface area contributed by atoms with E-state index in [9.17, 15) is 4.79 Å². The summed E-state index contributed by atoms with van der Waals surface area (Å²) in [5.41, 5.74) is 3.83. The Hall–Kier alpha value is -3.32. The van der Waals surface area contributed by atoms with Gasteiger partial charge in [-0.1, -0.05) is 29.8 Å². The maximum atomic E-state index is 12.8. The summed E-state index contributed by atoms with van der Waals surface area (Å²) in [5, 5.41) is 3.72. The van der Waals surface area contributed by atoms with Gasteiger partial charge in [-0.2, -0.15) is 0 Å².